The van der Waals surface area contributed by atoms with Crippen LogP contribution in [0.5, 0.6) is 5.75 Å². The molecular formula is C12H20N4O3S. The second-order valence-corrected chi connectivity index (χ2v) is 6.91. The van der Waals surface area contributed by atoms with Crippen molar-refractivity contribution >= 4 is 21.5 Å². The third-order valence-electron chi connectivity index (χ3n) is 3.19. The van der Waals surface area contributed by atoms with Crippen LogP contribution < -0.4 is 15.0 Å². The highest BCUT2D eigenvalue weighted by molar-refractivity contribution is 7.91. The lowest BCUT2D eigenvalue weighted by molar-refractivity contribution is 0.412. The highest BCUT2D eigenvalue weighted by Crippen LogP contribution is 2.32. The van der Waals surface area contributed by atoms with Crippen molar-refractivity contribution in [1.82, 2.24) is 9.97 Å². The predicted molar refractivity (Wildman–Crippen MR) is 78.2 cm³/mol. The quantitative estimate of drug-likeness (QED) is 0.868. The fraction of sp³-hybridized carbons (Fsp3) is 0.667. The van der Waals surface area contributed by atoms with Gasteiger partial charge in [0.1, 0.15) is 6.33 Å². The Morgan fingerprint density at radius 1 is 1.35 bits per heavy atom. The average Bonchev–Trinajstić information content (AvgIpc) is 2.60. The Morgan fingerprint density at radius 3 is 2.85 bits per heavy atom. The summed E-state index contributed by atoms with van der Waals surface area (Å²) < 4.78 is 28.7. The number of aromatic nitrogens is 2. The van der Waals surface area contributed by atoms with Crippen molar-refractivity contribution in [2.24, 2.45) is 0 Å². The Kier molecular flexibility index (Phi) is 4.64. The Balaban J connectivity index is 2.29. The van der Waals surface area contributed by atoms with Gasteiger partial charge in [-0.2, -0.15) is 0 Å². The van der Waals surface area contributed by atoms with E-state index in [1.54, 1.807) is 7.11 Å². The lowest BCUT2D eigenvalue weighted by atomic mass is 10.3. The molecule has 0 aromatic carbocycles. The van der Waals surface area contributed by atoms with Crippen molar-refractivity contribution < 1.29 is 13.2 Å². The average molecular weight is 300 g/mol. The van der Waals surface area contributed by atoms with E-state index in [4.69, 9.17) is 4.74 Å². The lowest BCUT2D eigenvalue weighted by Crippen LogP contribution is -2.28. The first-order valence-corrected chi connectivity index (χ1v) is 8.47. The van der Waals surface area contributed by atoms with Gasteiger partial charge in [0, 0.05) is 19.6 Å². The summed E-state index contributed by atoms with van der Waals surface area (Å²) in [7, 11) is -1.37. The first kappa shape index (κ1) is 14.8. The van der Waals surface area contributed by atoms with Gasteiger partial charge in [0.25, 0.3) is 0 Å². The molecule has 0 atom stereocenters. The highest BCUT2D eigenvalue weighted by atomic mass is 32.2. The van der Waals surface area contributed by atoms with Crippen LogP contribution in [0, 0.1) is 0 Å². The zero-order valence-corrected chi connectivity index (χ0v) is 12.6. The van der Waals surface area contributed by atoms with E-state index in [1.807, 2.05) is 11.8 Å². The molecular weight excluding hydrogens is 280 g/mol. The SMILES string of the molecule is CCNc1ncnc(N2CCCS(=O)(=O)CC2)c1OC. The van der Waals surface area contributed by atoms with Crippen LogP contribution in [0.2, 0.25) is 0 Å². The number of anilines is 2. The number of nitrogens with one attached hydrogen (secondary N) is 1. The molecule has 1 aromatic rings. The summed E-state index contributed by atoms with van der Waals surface area (Å²) >= 11 is 0. The Morgan fingerprint density at radius 2 is 2.15 bits per heavy atom. The molecule has 7 nitrogen and oxygen atoms in total. The molecule has 0 saturated carbocycles. The number of nitrogens with zero attached hydrogens (tertiary/aromatic N) is 3. The van der Waals surface area contributed by atoms with Crippen molar-refractivity contribution in [3.05, 3.63) is 6.33 Å². The zero-order valence-electron chi connectivity index (χ0n) is 11.8. The van der Waals surface area contributed by atoms with Gasteiger partial charge in [-0.05, 0) is 13.3 Å². The first-order valence-electron chi connectivity index (χ1n) is 6.65. The van der Waals surface area contributed by atoms with Gasteiger partial charge in [-0.3, -0.25) is 0 Å². The Labute approximate surface area is 119 Å². The Bertz CT molecular complexity index is 562. The molecule has 0 aliphatic carbocycles. The van der Waals surface area contributed by atoms with Crippen molar-refractivity contribution in [1.29, 1.82) is 0 Å². The Hall–Kier alpha value is -1.57. The van der Waals surface area contributed by atoms with Crippen LogP contribution in [0.1, 0.15) is 13.3 Å². The molecule has 20 heavy (non-hydrogen) atoms. The van der Waals surface area contributed by atoms with Gasteiger partial charge >= 0.3 is 0 Å². The number of ether oxygens (including phenoxy) is 1. The largest absolute Gasteiger partial charge is 0.490 e. The molecule has 1 aromatic heterocycles. The summed E-state index contributed by atoms with van der Waals surface area (Å²) in [5.74, 6) is 2.23. The van der Waals surface area contributed by atoms with Gasteiger partial charge < -0.3 is 15.0 Å². The minimum absolute atomic E-state index is 0.150. The van der Waals surface area contributed by atoms with Crippen molar-refractivity contribution in [2.45, 2.75) is 13.3 Å². The predicted octanol–water partition coefficient (Wildman–Crippen LogP) is 0.542. The third kappa shape index (κ3) is 3.30. The summed E-state index contributed by atoms with van der Waals surface area (Å²) in [5.41, 5.74) is 0. The van der Waals surface area contributed by atoms with E-state index < -0.39 is 9.84 Å². The minimum Gasteiger partial charge on any atom is -0.490 e. The minimum atomic E-state index is -2.94. The molecule has 0 amide bonds. The van der Waals surface area contributed by atoms with Gasteiger partial charge in [-0.1, -0.05) is 0 Å². The van der Waals surface area contributed by atoms with E-state index in [-0.39, 0.29) is 11.5 Å². The number of hydrogen-bond acceptors (Lipinski definition) is 7. The van der Waals surface area contributed by atoms with E-state index >= 15 is 0 Å². The van der Waals surface area contributed by atoms with Gasteiger partial charge in [-0.25, -0.2) is 18.4 Å². The summed E-state index contributed by atoms with van der Waals surface area (Å²) in [6.07, 6.45) is 2.07. The highest BCUT2D eigenvalue weighted by Gasteiger charge is 2.23. The number of methoxy groups -OCH3 is 1. The van der Waals surface area contributed by atoms with Gasteiger partial charge in [0.15, 0.2) is 21.5 Å². The maximum Gasteiger partial charge on any atom is 0.204 e. The smallest absolute Gasteiger partial charge is 0.204 e. The molecule has 1 fully saturated rings. The number of rotatable bonds is 4. The molecule has 0 bridgehead atoms. The van der Waals surface area contributed by atoms with Crippen LogP contribution in [-0.4, -0.2) is 56.6 Å². The molecule has 1 aliphatic heterocycles. The maximum absolute atomic E-state index is 11.7. The van der Waals surface area contributed by atoms with Crippen LogP contribution in [0.4, 0.5) is 11.6 Å². The summed E-state index contributed by atoms with van der Waals surface area (Å²) in [6.45, 7) is 3.78. The molecule has 2 rings (SSSR count). The normalized spacial score (nSPS) is 18.4. The lowest BCUT2D eigenvalue weighted by Gasteiger charge is -2.23. The second-order valence-electron chi connectivity index (χ2n) is 4.60. The first-order chi connectivity index (χ1) is 9.57. The van der Waals surface area contributed by atoms with Crippen LogP contribution >= 0.6 is 0 Å². The number of sulfone groups is 1. The molecule has 0 unspecified atom stereocenters. The van der Waals surface area contributed by atoms with E-state index in [1.165, 1.54) is 6.33 Å². The molecule has 8 heteroatoms. The van der Waals surface area contributed by atoms with E-state index in [2.05, 4.69) is 15.3 Å². The fourth-order valence-electron chi connectivity index (χ4n) is 2.22. The molecule has 1 N–H and O–H groups in total. The van der Waals surface area contributed by atoms with Crippen molar-refractivity contribution in [2.75, 3.05) is 48.5 Å². The van der Waals surface area contributed by atoms with E-state index in [0.29, 0.717) is 36.9 Å². The molecule has 0 spiro atoms. The molecule has 0 radical (unpaired) electrons. The van der Waals surface area contributed by atoms with Crippen LogP contribution in [-0.2, 0) is 9.84 Å². The molecule has 1 aliphatic rings. The van der Waals surface area contributed by atoms with Crippen molar-refractivity contribution in [3.8, 4) is 5.75 Å². The standard InChI is InChI=1S/C12H20N4O3S/c1-3-13-11-10(19-2)12(15-9-14-11)16-5-4-7-20(17,18)8-6-16/h9H,3-8H2,1-2H3,(H,13,14,15). The van der Waals surface area contributed by atoms with Crippen LogP contribution in [0.15, 0.2) is 6.33 Å². The van der Waals surface area contributed by atoms with Gasteiger partial charge in [0.05, 0.1) is 18.6 Å². The summed E-state index contributed by atoms with van der Waals surface area (Å²) in [5, 5.41) is 3.12. The summed E-state index contributed by atoms with van der Waals surface area (Å²) in [6, 6.07) is 0. The van der Waals surface area contributed by atoms with Crippen LogP contribution in [0.25, 0.3) is 0 Å². The summed E-state index contributed by atoms with van der Waals surface area (Å²) in [4.78, 5) is 10.4. The monoisotopic (exact) mass is 300 g/mol. The van der Waals surface area contributed by atoms with Gasteiger partial charge in [0.2, 0.25) is 5.75 Å². The van der Waals surface area contributed by atoms with Crippen LogP contribution in [0.3, 0.4) is 0 Å². The van der Waals surface area contributed by atoms with E-state index in [9.17, 15) is 8.42 Å². The maximum atomic E-state index is 11.7. The van der Waals surface area contributed by atoms with Gasteiger partial charge in [-0.15, -0.1) is 0 Å². The zero-order chi connectivity index (χ0) is 14.6. The van der Waals surface area contributed by atoms with Crippen molar-refractivity contribution in [3.63, 3.8) is 0 Å². The molecule has 1 saturated heterocycles. The topological polar surface area (TPSA) is 84.4 Å². The molecule has 2 heterocycles. The van der Waals surface area contributed by atoms with E-state index in [0.717, 1.165) is 6.54 Å². The second kappa shape index (κ2) is 6.25. The fourth-order valence-corrected chi connectivity index (χ4v) is 3.49. The number of hydrogen-bond donors (Lipinski definition) is 1. The molecule has 112 valence electrons. The third-order valence-corrected chi connectivity index (χ3v) is 4.90.